The highest BCUT2D eigenvalue weighted by atomic mass is 16.5. The fraction of sp³-hybridized carbons (Fsp3) is 0.727. The van der Waals surface area contributed by atoms with Gasteiger partial charge >= 0.3 is 5.97 Å². The first-order chi connectivity index (χ1) is 6.22. The number of rotatable bonds is 6. The maximum absolute atomic E-state index is 11.2. The van der Waals surface area contributed by atoms with Crippen molar-refractivity contribution in [1.29, 1.82) is 0 Å². The smallest absolute Gasteiger partial charge is 0.308 e. The van der Waals surface area contributed by atoms with Gasteiger partial charge in [0, 0.05) is 0 Å². The van der Waals surface area contributed by atoms with E-state index in [0.29, 0.717) is 6.61 Å². The second-order valence-corrected chi connectivity index (χ2v) is 3.15. The predicted octanol–water partition coefficient (Wildman–Crippen LogP) is 2.93. The maximum atomic E-state index is 11.2. The monoisotopic (exact) mass is 184 g/mol. The molecule has 0 radical (unpaired) electrons. The average molecular weight is 184 g/mol. The lowest BCUT2D eigenvalue weighted by molar-refractivity contribution is -0.147. The SMILES string of the molecule is CC/C=C\CCOC(=O)[C@@H](C)CC. The van der Waals surface area contributed by atoms with Gasteiger partial charge in [0.15, 0.2) is 0 Å². The van der Waals surface area contributed by atoms with Crippen molar-refractivity contribution in [3.63, 3.8) is 0 Å². The Morgan fingerprint density at radius 1 is 1.38 bits per heavy atom. The van der Waals surface area contributed by atoms with E-state index in [-0.39, 0.29) is 11.9 Å². The summed E-state index contributed by atoms with van der Waals surface area (Å²) in [6.45, 7) is 6.48. The fourth-order valence-corrected chi connectivity index (χ4v) is 0.821. The fourth-order valence-electron chi connectivity index (χ4n) is 0.821. The van der Waals surface area contributed by atoms with E-state index >= 15 is 0 Å². The van der Waals surface area contributed by atoms with Crippen LogP contribution in [0.4, 0.5) is 0 Å². The number of allylic oxidation sites excluding steroid dienone is 1. The van der Waals surface area contributed by atoms with Crippen molar-refractivity contribution in [2.75, 3.05) is 6.61 Å². The van der Waals surface area contributed by atoms with Crippen LogP contribution < -0.4 is 0 Å². The van der Waals surface area contributed by atoms with Crippen LogP contribution in [0.25, 0.3) is 0 Å². The van der Waals surface area contributed by atoms with E-state index in [4.69, 9.17) is 4.74 Å². The molecule has 1 atom stereocenters. The van der Waals surface area contributed by atoms with Gasteiger partial charge in [-0.05, 0) is 19.3 Å². The number of hydrogen-bond donors (Lipinski definition) is 0. The minimum atomic E-state index is -0.0765. The number of hydrogen-bond acceptors (Lipinski definition) is 2. The zero-order chi connectivity index (χ0) is 10.1. The van der Waals surface area contributed by atoms with E-state index < -0.39 is 0 Å². The summed E-state index contributed by atoms with van der Waals surface area (Å²) >= 11 is 0. The summed E-state index contributed by atoms with van der Waals surface area (Å²) in [6, 6.07) is 0. The number of carbonyl (C=O) groups is 1. The topological polar surface area (TPSA) is 26.3 Å². The zero-order valence-corrected chi connectivity index (χ0v) is 8.88. The summed E-state index contributed by atoms with van der Waals surface area (Å²) in [5.41, 5.74) is 0. The molecule has 0 aromatic carbocycles. The highest BCUT2D eigenvalue weighted by molar-refractivity contribution is 5.71. The molecule has 76 valence electrons. The van der Waals surface area contributed by atoms with Crippen LogP contribution in [0, 0.1) is 5.92 Å². The van der Waals surface area contributed by atoms with Gasteiger partial charge in [0.05, 0.1) is 12.5 Å². The van der Waals surface area contributed by atoms with Gasteiger partial charge in [-0.1, -0.05) is 32.9 Å². The molecule has 0 amide bonds. The van der Waals surface area contributed by atoms with E-state index in [0.717, 1.165) is 19.3 Å². The summed E-state index contributed by atoms with van der Waals surface area (Å²) in [6.07, 6.45) is 6.85. The van der Waals surface area contributed by atoms with Crippen LogP contribution in [0.15, 0.2) is 12.2 Å². The molecule has 0 aromatic rings. The lowest BCUT2D eigenvalue weighted by atomic mass is 10.1. The van der Waals surface area contributed by atoms with Crippen molar-refractivity contribution >= 4 is 5.97 Å². The molecule has 0 aliphatic heterocycles. The van der Waals surface area contributed by atoms with Crippen molar-refractivity contribution in [3.05, 3.63) is 12.2 Å². The van der Waals surface area contributed by atoms with Crippen LogP contribution in [-0.4, -0.2) is 12.6 Å². The van der Waals surface area contributed by atoms with Gasteiger partial charge in [-0.2, -0.15) is 0 Å². The molecular weight excluding hydrogens is 164 g/mol. The van der Waals surface area contributed by atoms with Gasteiger partial charge in [-0.15, -0.1) is 0 Å². The summed E-state index contributed by atoms with van der Waals surface area (Å²) in [4.78, 5) is 11.2. The standard InChI is InChI=1S/C11H20O2/c1-4-6-7-8-9-13-11(12)10(3)5-2/h6-7,10H,4-5,8-9H2,1-3H3/b7-6-/t10-/m0/s1. The molecule has 0 rings (SSSR count). The molecule has 0 bridgehead atoms. The Kier molecular flexibility index (Phi) is 7.36. The molecule has 13 heavy (non-hydrogen) atoms. The molecule has 2 heteroatoms. The van der Waals surface area contributed by atoms with Crippen LogP contribution in [0.2, 0.25) is 0 Å². The summed E-state index contributed by atoms with van der Waals surface area (Å²) < 4.78 is 5.05. The first-order valence-electron chi connectivity index (χ1n) is 5.04. The van der Waals surface area contributed by atoms with Gasteiger partial charge in [-0.25, -0.2) is 0 Å². The Morgan fingerprint density at radius 3 is 2.62 bits per heavy atom. The highest BCUT2D eigenvalue weighted by Gasteiger charge is 2.10. The third-order valence-electron chi connectivity index (χ3n) is 1.95. The van der Waals surface area contributed by atoms with E-state index in [2.05, 4.69) is 13.0 Å². The van der Waals surface area contributed by atoms with Crippen molar-refractivity contribution in [1.82, 2.24) is 0 Å². The number of ether oxygens (including phenoxy) is 1. The van der Waals surface area contributed by atoms with Crippen molar-refractivity contribution < 1.29 is 9.53 Å². The molecule has 0 saturated carbocycles. The lowest BCUT2D eigenvalue weighted by Gasteiger charge is -2.07. The van der Waals surface area contributed by atoms with Gasteiger partial charge in [-0.3, -0.25) is 4.79 Å². The van der Waals surface area contributed by atoms with Crippen LogP contribution in [0.1, 0.15) is 40.0 Å². The summed E-state index contributed by atoms with van der Waals surface area (Å²) in [7, 11) is 0. The second-order valence-electron chi connectivity index (χ2n) is 3.15. The molecule has 0 fully saturated rings. The normalized spacial score (nSPS) is 13.2. The van der Waals surface area contributed by atoms with E-state index in [9.17, 15) is 4.79 Å². The van der Waals surface area contributed by atoms with Crippen LogP contribution in [0.3, 0.4) is 0 Å². The van der Waals surface area contributed by atoms with Crippen molar-refractivity contribution in [2.24, 2.45) is 5.92 Å². The minimum absolute atomic E-state index is 0.0372. The Bertz CT molecular complexity index is 161. The van der Waals surface area contributed by atoms with Gasteiger partial charge in [0.1, 0.15) is 0 Å². The third-order valence-corrected chi connectivity index (χ3v) is 1.95. The molecule has 0 aliphatic rings. The maximum Gasteiger partial charge on any atom is 0.308 e. The Labute approximate surface area is 81.0 Å². The van der Waals surface area contributed by atoms with Gasteiger partial charge < -0.3 is 4.74 Å². The van der Waals surface area contributed by atoms with Crippen molar-refractivity contribution in [2.45, 2.75) is 40.0 Å². The van der Waals surface area contributed by atoms with E-state index in [1.807, 2.05) is 19.9 Å². The molecule has 0 heterocycles. The largest absolute Gasteiger partial charge is 0.465 e. The number of carbonyl (C=O) groups excluding carboxylic acids is 1. The Morgan fingerprint density at radius 2 is 2.08 bits per heavy atom. The quantitative estimate of drug-likeness (QED) is 0.360. The number of esters is 1. The Balaban J connectivity index is 3.42. The molecule has 0 N–H and O–H groups in total. The van der Waals surface area contributed by atoms with E-state index in [1.165, 1.54) is 0 Å². The minimum Gasteiger partial charge on any atom is -0.465 e. The summed E-state index contributed by atoms with van der Waals surface area (Å²) in [5.74, 6) is -0.0393. The first kappa shape index (κ1) is 12.2. The van der Waals surface area contributed by atoms with Gasteiger partial charge in [0.2, 0.25) is 0 Å². The van der Waals surface area contributed by atoms with Crippen LogP contribution >= 0.6 is 0 Å². The molecule has 0 unspecified atom stereocenters. The molecule has 0 spiro atoms. The molecule has 0 aliphatic carbocycles. The zero-order valence-electron chi connectivity index (χ0n) is 8.88. The Hall–Kier alpha value is -0.790. The van der Waals surface area contributed by atoms with E-state index in [1.54, 1.807) is 0 Å². The molecule has 0 saturated heterocycles. The molecule has 0 aromatic heterocycles. The molecule has 2 nitrogen and oxygen atoms in total. The van der Waals surface area contributed by atoms with Crippen molar-refractivity contribution in [3.8, 4) is 0 Å². The second kappa shape index (κ2) is 7.84. The first-order valence-corrected chi connectivity index (χ1v) is 5.04. The predicted molar refractivity (Wildman–Crippen MR) is 54.5 cm³/mol. The van der Waals surface area contributed by atoms with Crippen LogP contribution in [-0.2, 0) is 9.53 Å². The van der Waals surface area contributed by atoms with Crippen LogP contribution in [0.5, 0.6) is 0 Å². The summed E-state index contributed by atoms with van der Waals surface area (Å²) in [5, 5.41) is 0. The third kappa shape index (κ3) is 6.38. The highest BCUT2D eigenvalue weighted by Crippen LogP contribution is 2.03. The lowest BCUT2D eigenvalue weighted by Crippen LogP contribution is -2.14. The average Bonchev–Trinajstić information content (AvgIpc) is 2.16. The van der Waals surface area contributed by atoms with Gasteiger partial charge in [0.25, 0.3) is 0 Å². The molecular formula is C11H20O2.